The molecule has 2 N–H and O–H groups in total. The van der Waals surface area contributed by atoms with Crippen molar-refractivity contribution in [2.75, 3.05) is 0 Å². The first-order chi connectivity index (χ1) is 11.6. The van der Waals surface area contributed by atoms with Gasteiger partial charge in [-0.3, -0.25) is 5.10 Å². The van der Waals surface area contributed by atoms with Gasteiger partial charge >= 0.3 is 5.97 Å². The summed E-state index contributed by atoms with van der Waals surface area (Å²) in [5.74, 6) is -0.472. The molecular formula is C17H12ClN3O2S. The van der Waals surface area contributed by atoms with E-state index in [1.807, 2.05) is 42.5 Å². The van der Waals surface area contributed by atoms with Gasteiger partial charge in [-0.25, -0.2) is 9.78 Å². The molecule has 0 saturated carbocycles. The lowest BCUT2D eigenvalue weighted by molar-refractivity contribution is -0.131. The number of rotatable bonds is 5. The van der Waals surface area contributed by atoms with E-state index in [1.165, 1.54) is 0 Å². The molecule has 24 heavy (non-hydrogen) atoms. The van der Waals surface area contributed by atoms with E-state index in [0.717, 1.165) is 22.9 Å². The number of benzene rings is 2. The van der Waals surface area contributed by atoms with Gasteiger partial charge in [0.1, 0.15) is 4.91 Å². The lowest BCUT2D eigenvalue weighted by Crippen LogP contribution is -1.97. The highest BCUT2D eigenvalue weighted by molar-refractivity contribution is 8.04. The Hall–Kier alpha value is -2.57. The highest BCUT2D eigenvalue weighted by Gasteiger charge is 2.14. The summed E-state index contributed by atoms with van der Waals surface area (Å²) in [6.07, 6.45) is 1.59. The molecule has 1 heterocycles. The van der Waals surface area contributed by atoms with Crippen molar-refractivity contribution in [1.82, 2.24) is 15.2 Å². The first-order valence-corrected chi connectivity index (χ1v) is 8.17. The second-order valence-electron chi connectivity index (χ2n) is 4.80. The number of aromatic nitrogens is 3. The number of hydrogen-bond acceptors (Lipinski definition) is 4. The van der Waals surface area contributed by atoms with Gasteiger partial charge in [0.15, 0.2) is 5.82 Å². The molecule has 2 aromatic carbocycles. The van der Waals surface area contributed by atoms with Crippen LogP contribution < -0.4 is 0 Å². The monoisotopic (exact) mass is 357 g/mol. The van der Waals surface area contributed by atoms with E-state index in [2.05, 4.69) is 15.2 Å². The zero-order valence-corrected chi connectivity index (χ0v) is 13.9. The third-order valence-electron chi connectivity index (χ3n) is 3.09. The summed E-state index contributed by atoms with van der Waals surface area (Å²) >= 11 is 6.85. The molecule has 0 spiro atoms. The van der Waals surface area contributed by atoms with E-state index in [-0.39, 0.29) is 4.91 Å². The zero-order valence-electron chi connectivity index (χ0n) is 12.3. The van der Waals surface area contributed by atoms with Crippen molar-refractivity contribution in [3.63, 3.8) is 0 Å². The molecule has 0 saturated heterocycles. The summed E-state index contributed by atoms with van der Waals surface area (Å²) in [6.45, 7) is 0. The van der Waals surface area contributed by atoms with E-state index in [0.29, 0.717) is 16.0 Å². The quantitative estimate of drug-likeness (QED) is 0.524. The number of H-pyrrole nitrogens is 1. The Balaban J connectivity index is 1.83. The Labute approximate surface area is 147 Å². The smallest absolute Gasteiger partial charge is 0.342 e. The Morgan fingerprint density at radius 2 is 1.83 bits per heavy atom. The highest BCUT2D eigenvalue weighted by atomic mass is 35.5. The first-order valence-electron chi connectivity index (χ1n) is 6.98. The standard InChI is InChI=1S/C17H12ClN3O2S/c18-13-8-6-12(7-9-13)15-19-17(21-20-15)24-14(16(22)23)10-11-4-2-1-3-5-11/h1-10H,(H,22,23)(H,19,20,21)/b14-10-. The Kier molecular flexibility index (Phi) is 4.98. The molecule has 3 aromatic rings. The normalized spacial score (nSPS) is 11.5. The van der Waals surface area contributed by atoms with Gasteiger partial charge in [0.05, 0.1) is 0 Å². The van der Waals surface area contributed by atoms with Crippen LogP contribution in [0.2, 0.25) is 5.02 Å². The van der Waals surface area contributed by atoms with Crippen LogP contribution in [0.1, 0.15) is 5.56 Å². The number of aliphatic carboxylic acids is 1. The molecule has 5 nitrogen and oxygen atoms in total. The highest BCUT2D eigenvalue weighted by Crippen LogP contribution is 2.27. The van der Waals surface area contributed by atoms with E-state index in [4.69, 9.17) is 11.6 Å². The molecule has 0 aliphatic rings. The number of nitrogens with zero attached hydrogens (tertiary/aromatic N) is 2. The molecule has 0 bridgehead atoms. The number of aromatic amines is 1. The summed E-state index contributed by atoms with van der Waals surface area (Å²) in [5.41, 5.74) is 1.62. The van der Waals surface area contributed by atoms with E-state index in [9.17, 15) is 9.90 Å². The topological polar surface area (TPSA) is 78.9 Å². The van der Waals surface area contributed by atoms with Crippen LogP contribution in [0.15, 0.2) is 64.7 Å². The van der Waals surface area contributed by atoms with Gasteiger partial charge < -0.3 is 5.11 Å². The second kappa shape index (κ2) is 7.33. The van der Waals surface area contributed by atoms with Gasteiger partial charge in [-0.15, -0.1) is 5.10 Å². The van der Waals surface area contributed by atoms with E-state index < -0.39 is 5.97 Å². The molecular weight excluding hydrogens is 346 g/mol. The average Bonchev–Trinajstić information content (AvgIpc) is 3.04. The van der Waals surface area contributed by atoms with Gasteiger partial charge in [0.2, 0.25) is 5.16 Å². The van der Waals surface area contributed by atoms with Crippen LogP contribution >= 0.6 is 23.4 Å². The van der Waals surface area contributed by atoms with Crippen molar-refractivity contribution < 1.29 is 9.90 Å². The third kappa shape index (κ3) is 4.04. The Morgan fingerprint density at radius 3 is 2.50 bits per heavy atom. The summed E-state index contributed by atoms with van der Waals surface area (Å²) in [5, 5.41) is 17.2. The summed E-state index contributed by atoms with van der Waals surface area (Å²) in [7, 11) is 0. The van der Waals surface area contributed by atoms with Gasteiger partial charge in [-0.1, -0.05) is 41.9 Å². The van der Waals surface area contributed by atoms with Crippen molar-refractivity contribution in [3.05, 3.63) is 70.1 Å². The number of nitrogens with one attached hydrogen (secondary N) is 1. The molecule has 0 amide bonds. The summed E-state index contributed by atoms with van der Waals surface area (Å²) < 4.78 is 0. The molecule has 1 aromatic heterocycles. The molecule has 0 aliphatic heterocycles. The summed E-state index contributed by atoms with van der Waals surface area (Å²) in [4.78, 5) is 15.9. The summed E-state index contributed by atoms with van der Waals surface area (Å²) in [6, 6.07) is 16.4. The maximum absolute atomic E-state index is 11.5. The molecule has 0 fully saturated rings. The average molecular weight is 358 g/mol. The number of halogens is 1. The largest absolute Gasteiger partial charge is 0.477 e. The number of hydrogen-bond donors (Lipinski definition) is 2. The Morgan fingerprint density at radius 1 is 1.12 bits per heavy atom. The van der Waals surface area contributed by atoms with Crippen LogP contribution in [0.3, 0.4) is 0 Å². The van der Waals surface area contributed by atoms with Crippen LogP contribution in [-0.2, 0) is 4.79 Å². The van der Waals surface area contributed by atoms with Gasteiger partial charge in [0, 0.05) is 10.6 Å². The SMILES string of the molecule is O=C(O)/C(=C/c1ccccc1)Sc1n[nH]c(-c2ccc(Cl)cc2)n1. The van der Waals surface area contributed by atoms with Gasteiger partial charge in [0.25, 0.3) is 0 Å². The minimum Gasteiger partial charge on any atom is -0.477 e. The van der Waals surface area contributed by atoms with Crippen LogP contribution in [-0.4, -0.2) is 26.3 Å². The van der Waals surface area contributed by atoms with Crippen LogP contribution in [0.4, 0.5) is 0 Å². The molecule has 120 valence electrons. The predicted octanol–water partition coefficient (Wildman–Crippen LogP) is 4.34. The number of carboxylic acid groups (broad SMARTS) is 1. The van der Waals surface area contributed by atoms with Crippen molar-refractivity contribution in [2.24, 2.45) is 0 Å². The predicted molar refractivity (Wildman–Crippen MR) is 94.7 cm³/mol. The van der Waals surface area contributed by atoms with Gasteiger partial charge in [-0.2, -0.15) is 0 Å². The second-order valence-corrected chi connectivity index (χ2v) is 6.25. The lowest BCUT2D eigenvalue weighted by Gasteiger charge is -1.99. The van der Waals surface area contributed by atoms with Crippen LogP contribution in [0.5, 0.6) is 0 Å². The molecule has 0 aliphatic carbocycles. The lowest BCUT2D eigenvalue weighted by atomic mass is 10.2. The number of carbonyl (C=O) groups is 1. The molecule has 0 unspecified atom stereocenters. The van der Waals surface area contributed by atoms with Gasteiger partial charge in [-0.05, 0) is 47.7 Å². The maximum atomic E-state index is 11.5. The number of thioether (sulfide) groups is 1. The maximum Gasteiger partial charge on any atom is 0.342 e. The minimum absolute atomic E-state index is 0.142. The molecule has 0 radical (unpaired) electrons. The van der Waals surface area contributed by atoms with E-state index in [1.54, 1.807) is 18.2 Å². The van der Waals surface area contributed by atoms with Crippen molar-refractivity contribution in [2.45, 2.75) is 5.16 Å². The minimum atomic E-state index is -1.03. The number of carboxylic acids is 1. The first kappa shape index (κ1) is 16.3. The fourth-order valence-corrected chi connectivity index (χ4v) is 2.80. The Bertz CT molecular complexity index is 876. The van der Waals surface area contributed by atoms with Crippen molar-refractivity contribution >= 4 is 35.4 Å². The van der Waals surface area contributed by atoms with Crippen LogP contribution in [0.25, 0.3) is 17.5 Å². The van der Waals surface area contributed by atoms with Crippen molar-refractivity contribution in [1.29, 1.82) is 0 Å². The fourth-order valence-electron chi connectivity index (χ4n) is 1.96. The third-order valence-corrected chi connectivity index (χ3v) is 4.22. The molecule has 3 rings (SSSR count). The van der Waals surface area contributed by atoms with E-state index >= 15 is 0 Å². The zero-order chi connectivity index (χ0) is 16.9. The van der Waals surface area contributed by atoms with Crippen molar-refractivity contribution in [3.8, 4) is 11.4 Å². The molecule has 0 atom stereocenters. The van der Waals surface area contributed by atoms with Crippen LogP contribution in [0, 0.1) is 0 Å². The molecule has 7 heteroatoms. The fraction of sp³-hybridized carbons (Fsp3) is 0.